The average molecular weight is 349 g/mol. The molecule has 0 bridgehead atoms. The molecule has 1 aliphatic heterocycles. The Hall–Kier alpha value is -2.05. The highest BCUT2D eigenvalue weighted by atomic mass is 19.4. The summed E-state index contributed by atoms with van der Waals surface area (Å²) >= 11 is 0. The predicted octanol–water partition coefficient (Wildman–Crippen LogP) is 3.31. The van der Waals surface area contributed by atoms with E-state index in [1.165, 1.54) is 0 Å². The van der Waals surface area contributed by atoms with Gasteiger partial charge in [0.25, 0.3) is 0 Å². The fraction of sp³-hybridized carbons (Fsp3) is 0.368. The highest BCUT2D eigenvalue weighted by molar-refractivity contribution is 5.50. The molecule has 0 amide bonds. The zero-order valence-corrected chi connectivity index (χ0v) is 13.8. The number of piperazine rings is 1. The van der Waals surface area contributed by atoms with Gasteiger partial charge in [0.15, 0.2) is 0 Å². The quantitative estimate of drug-likeness (QED) is 0.890. The van der Waals surface area contributed by atoms with Crippen molar-refractivity contribution < 1.29 is 13.2 Å². The molecule has 2 atom stereocenters. The van der Waals surface area contributed by atoms with Gasteiger partial charge in [-0.3, -0.25) is 0 Å². The molecule has 1 fully saturated rings. The van der Waals surface area contributed by atoms with Crippen LogP contribution in [-0.4, -0.2) is 31.0 Å². The van der Waals surface area contributed by atoms with Crippen LogP contribution in [0.25, 0.3) is 0 Å². The second kappa shape index (κ2) is 7.06. The van der Waals surface area contributed by atoms with Crippen LogP contribution in [0.5, 0.6) is 0 Å². The van der Waals surface area contributed by atoms with Crippen LogP contribution in [0.15, 0.2) is 60.7 Å². The summed E-state index contributed by atoms with van der Waals surface area (Å²) in [5.74, 6) is 0. The minimum atomic E-state index is -4.42. The van der Waals surface area contributed by atoms with Crippen molar-refractivity contribution in [1.82, 2.24) is 5.32 Å². The Morgan fingerprint density at radius 1 is 1.04 bits per heavy atom. The highest BCUT2D eigenvalue weighted by Gasteiger charge is 2.55. The van der Waals surface area contributed by atoms with Gasteiger partial charge >= 0.3 is 6.18 Å². The second-order valence-corrected chi connectivity index (χ2v) is 6.39. The summed E-state index contributed by atoms with van der Waals surface area (Å²) in [6.45, 7) is 0.672. The Morgan fingerprint density at radius 2 is 1.64 bits per heavy atom. The SMILES string of the molecule is NC1(CCc2ccccc2)C(C(F)(F)F)NCCN1c1ccccc1. The molecule has 1 heterocycles. The first kappa shape index (κ1) is 17.8. The molecule has 2 aromatic rings. The smallest absolute Gasteiger partial charge is 0.350 e. The number of anilines is 1. The number of halogens is 3. The van der Waals surface area contributed by atoms with E-state index in [0.29, 0.717) is 18.7 Å². The van der Waals surface area contributed by atoms with E-state index in [-0.39, 0.29) is 13.0 Å². The summed E-state index contributed by atoms with van der Waals surface area (Å²) < 4.78 is 41.0. The molecule has 6 heteroatoms. The summed E-state index contributed by atoms with van der Waals surface area (Å²) in [4.78, 5) is 1.70. The first-order chi connectivity index (χ1) is 11.9. The van der Waals surface area contributed by atoms with Crippen molar-refractivity contribution in [2.75, 3.05) is 18.0 Å². The van der Waals surface area contributed by atoms with Gasteiger partial charge in [-0.05, 0) is 30.5 Å². The molecular weight excluding hydrogens is 327 g/mol. The molecular formula is C19H22F3N3. The lowest BCUT2D eigenvalue weighted by Crippen LogP contribution is -2.76. The average Bonchev–Trinajstić information content (AvgIpc) is 2.61. The van der Waals surface area contributed by atoms with Crippen LogP contribution in [0.4, 0.5) is 18.9 Å². The number of benzene rings is 2. The standard InChI is InChI=1S/C19H22F3N3/c20-19(21,22)17-18(23,12-11-15-7-3-1-4-8-15)25(14-13-24-17)16-9-5-2-6-10-16/h1-10,17,24H,11-14,23H2. The Morgan fingerprint density at radius 3 is 2.24 bits per heavy atom. The van der Waals surface area contributed by atoms with Crippen molar-refractivity contribution in [1.29, 1.82) is 0 Å². The molecule has 0 saturated carbocycles. The topological polar surface area (TPSA) is 41.3 Å². The summed E-state index contributed by atoms with van der Waals surface area (Å²) in [5.41, 5.74) is 6.60. The first-order valence-electron chi connectivity index (χ1n) is 8.37. The lowest BCUT2D eigenvalue weighted by atomic mass is 9.88. The number of nitrogens with one attached hydrogen (secondary N) is 1. The zero-order valence-electron chi connectivity index (χ0n) is 13.8. The van der Waals surface area contributed by atoms with Crippen molar-refractivity contribution in [2.24, 2.45) is 5.73 Å². The molecule has 3 N–H and O–H groups in total. The monoisotopic (exact) mass is 349 g/mol. The van der Waals surface area contributed by atoms with Gasteiger partial charge in [-0.25, -0.2) is 0 Å². The molecule has 0 aromatic heterocycles. The third kappa shape index (κ3) is 3.80. The maximum atomic E-state index is 13.7. The maximum absolute atomic E-state index is 13.7. The summed E-state index contributed by atoms with van der Waals surface area (Å²) in [7, 11) is 0. The molecule has 134 valence electrons. The fourth-order valence-corrected chi connectivity index (χ4v) is 3.51. The van der Waals surface area contributed by atoms with Crippen molar-refractivity contribution in [3.05, 3.63) is 66.2 Å². The number of aryl methyl sites for hydroxylation is 1. The fourth-order valence-electron chi connectivity index (χ4n) is 3.51. The van der Waals surface area contributed by atoms with Gasteiger partial charge in [-0.1, -0.05) is 48.5 Å². The number of alkyl halides is 3. The number of hydrogen-bond acceptors (Lipinski definition) is 3. The lowest BCUT2D eigenvalue weighted by Gasteiger charge is -2.51. The molecule has 0 radical (unpaired) electrons. The van der Waals surface area contributed by atoms with Gasteiger partial charge in [0.05, 0.1) is 0 Å². The van der Waals surface area contributed by atoms with Crippen molar-refractivity contribution >= 4 is 5.69 Å². The summed E-state index contributed by atoms with van der Waals surface area (Å²) in [6.07, 6.45) is -3.74. The minimum absolute atomic E-state index is 0.198. The van der Waals surface area contributed by atoms with Crippen molar-refractivity contribution in [2.45, 2.75) is 30.7 Å². The maximum Gasteiger partial charge on any atom is 0.407 e. The van der Waals surface area contributed by atoms with Crippen LogP contribution in [0.1, 0.15) is 12.0 Å². The van der Waals surface area contributed by atoms with E-state index >= 15 is 0 Å². The van der Waals surface area contributed by atoms with Gasteiger partial charge in [-0.2, -0.15) is 13.2 Å². The van der Waals surface area contributed by atoms with Crippen LogP contribution < -0.4 is 16.0 Å². The largest absolute Gasteiger partial charge is 0.407 e. The van der Waals surface area contributed by atoms with Crippen molar-refractivity contribution in [3.63, 3.8) is 0 Å². The number of para-hydroxylation sites is 1. The summed E-state index contributed by atoms with van der Waals surface area (Å²) in [5, 5.41) is 2.59. The van der Waals surface area contributed by atoms with Gasteiger partial charge in [0, 0.05) is 18.8 Å². The third-order valence-corrected chi connectivity index (χ3v) is 4.74. The van der Waals surface area contributed by atoms with E-state index in [0.717, 1.165) is 5.56 Å². The van der Waals surface area contributed by atoms with E-state index in [2.05, 4.69) is 5.32 Å². The van der Waals surface area contributed by atoms with Crippen LogP contribution in [0.2, 0.25) is 0 Å². The molecule has 3 nitrogen and oxygen atoms in total. The molecule has 2 aromatic carbocycles. The Balaban J connectivity index is 1.93. The third-order valence-electron chi connectivity index (χ3n) is 4.74. The normalized spacial score (nSPS) is 24.3. The summed E-state index contributed by atoms with van der Waals surface area (Å²) in [6, 6.07) is 16.8. The van der Waals surface area contributed by atoms with Crippen LogP contribution in [0, 0.1) is 0 Å². The van der Waals surface area contributed by atoms with Crippen LogP contribution in [0.3, 0.4) is 0 Å². The van der Waals surface area contributed by atoms with Crippen LogP contribution in [-0.2, 0) is 6.42 Å². The van der Waals surface area contributed by atoms with E-state index in [1.54, 1.807) is 4.90 Å². The molecule has 0 spiro atoms. The van der Waals surface area contributed by atoms with E-state index in [4.69, 9.17) is 5.73 Å². The van der Waals surface area contributed by atoms with Crippen molar-refractivity contribution in [3.8, 4) is 0 Å². The number of nitrogens with two attached hydrogens (primary N) is 1. The Kier molecular flexibility index (Phi) is 5.01. The van der Waals surface area contributed by atoms with Gasteiger partial charge in [0.1, 0.15) is 11.7 Å². The molecule has 1 aliphatic rings. The zero-order chi connectivity index (χ0) is 17.9. The van der Waals surface area contributed by atoms with Gasteiger partial charge in [-0.15, -0.1) is 0 Å². The predicted molar refractivity (Wildman–Crippen MR) is 93.3 cm³/mol. The molecule has 25 heavy (non-hydrogen) atoms. The number of hydrogen-bond donors (Lipinski definition) is 2. The number of rotatable bonds is 4. The molecule has 0 aliphatic carbocycles. The first-order valence-corrected chi connectivity index (χ1v) is 8.37. The van der Waals surface area contributed by atoms with Crippen LogP contribution >= 0.6 is 0 Å². The van der Waals surface area contributed by atoms with E-state index in [9.17, 15) is 13.2 Å². The molecule has 2 unspecified atom stereocenters. The minimum Gasteiger partial charge on any atom is -0.350 e. The lowest BCUT2D eigenvalue weighted by molar-refractivity contribution is -0.175. The molecule has 1 saturated heterocycles. The number of nitrogens with zero attached hydrogens (tertiary/aromatic N) is 1. The van der Waals surface area contributed by atoms with E-state index in [1.807, 2.05) is 60.7 Å². The molecule has 3 rings (SSSR count). The highest BCUT2D eigenvalue weighted by Crippen LogP contribution is 2.36. The van der Waals surface area contributed by atoms with Gasteiger partial charge < -0.3 is 16.0 Å². The second-order valence-electron chi connectivity index (χ2n) is 6.39. The van der Waals surface area contributed by atoms with Gasteiger partial charge in [0.2, 0.25) is 0 Å². The Bertz CT molecular complexity index is 675. The Labute approximate surface area is 145 Å². The van der Waals surface area contributed by atoms with E-state index < -0.39 is 17.9 Å².